The van der Waals surface area contributed by atoms with Crippen LogP contribution in [-0.2, 0) is 19.4 Å². The van der Waals surface area contributed by atoms with Gasteiger partial charge in [0.2, 0.25) is 0 Å². The lowest BCUT2D eigenvalue weighted by Gasteiger charge is -2.17. The van der Waals surface area contributed by atoms with Crippen molar-refractivity contribution in [3.05, 3.63) is 51.8 Å². The van der Waals surface area contributed by atoms with Gasteiger partial charge >= 0.3 is 0 Å². The fourth-order valence-corrected chi connectivity index (χ4v) is 2.94. The summed E-state index contributed by atoms with van der Waals surface area (Å²) in [7, 11) is 0. The van der Waals surface area contributed by atoms with Gasteiger partial charge in [-0.2, -0.15) is 5.10 Å². The first-order chi connectivity index (χ1) is 10.1. The normalized spacial score (nSPS) is 12.6. The number of aromatic nitrogens is 2. The van der Waals surface area contributed by atoms with Crippen molar-refractivity contribution in [1.29, 1.82) is 0 Å². The van der Waals surface area contributed by atoms with Gasteiger partial charge in [-0.25, -0.2) is 0 Å². The fraction of sp³-hybridized carbons (Fsp3) is 0.471. The molecule has 0 fully saturated rings. The highest BCUT2D eigenvalue weighted by molar-refractivity contribution is 6.31. The second-order valence-corrected chi connectivity index (χ2v) is 5.98. The molecule has 2 N–H and O–H groups in total. The van der Waals surface area contributed by atoms with Crippen LogP contribution in [0.3, 0.4) is 0 Å². The van der Waals surface area contributed by atoms with Crippen LogP contribution in [0.1, 0.15) is 29.4 Å². The molecule has 1 heterocycles. The van der Waals surface area contributed by atoms with Crippen molar-refractivity contribution >= 4 is 11.6 Å². The van der Waals surface area contributed by atoms with Gasteiger partial charge in [-0.05, 0) is 57.2 Å². The molecular weight excluding hydrogens is 282 g/mol. The minimum absolute atomic E-state index is 0.380. The molecule has 0 bridgehead atoms. The number of halogens is 1. The van der Waals surface area contributed by atoms with Crippen LogP contribution < -0.4 is 5.73 Å². The third kappa shape index (κ3) is 3.66. The molecule has 21 heavy (non-hydrogen) atoms. The number of benzene rings is 1. The highest BCUT2D eigenvalue weighted by Crippen LogP contribution is 2.24. The summed E-state index contributed by atoms with van der Waals surface area (Å²) >= 11 is 6.40. The first-order valence-electron chi connectivity index (χ1n) is 7.53. The Morgan fingerprint density at radius 3 is 2.57 bits per heavy atom. The van der Waals surface area contributed by atoms with Crippen LogP contribution in [0.15, 0.2) is 24.3 Å². The van der Waals surface area contributed by atoms with E-state index in [1.165, 1.54) is 11.1 Å². The molecule has 2 rings (SSSR count). The van der Waals surface area contributed by atoms with E-state index >= 15 is 0 Å². The van der Waals surface area contributed by atoms with Crippen molar-refractivity contribution < 1.29 is 0 Å². The van der Waals surface area contributed by atoms with E-state index in [-0.39, 0.29) is 0 Å². The van der Waals surface area contributed by atoms with Gasteiger partial charge in [-0.15, -0.1) is 0 Å². The first-order valence-corrected chi connectivity index (χ1v) is 7.90. The Hall–Kier alpha value is -1.32. The molecule has 0 saturated carbocycles. The van der Waals surface area contributed by atoms with E-state index in [1.54, 1.807) is 0 Å². The lowest BCUT2D eigenvalue weighted by Crippen LogP contribution is -2.21. The van der Waals surface area contributed by atoms with Gasteiger partial charge in [0.05, 0.1) is 16.4 Å². The number of rotatable bonds is 6. The topological polar surface area (TPSA) is 43.8 Å². The third-order valence-electron chi connectivity index (χ3n) is 4.04. The monoisotopic (exact) mass is 305 g/mol. The molecule has 114 valence electrons. The molecule has 1 aromatic carbocycles. The lowest BCUT2D eigenvalue weighted by molar-refractivity contribution is 0.498. The Kier molecular flexibility index (Phi) is 5.43. The van der Waals surface area contributed by atoms with Gasteiger partial charge in [-0.1, -0.05) is 35.9 Å². The smallest absolute Gasteiger partial charge is 0.0847 e. The second kappa shape index (κ2) is 7.10. The predicted molar refractivity (Wildman–Crippen MR) is 88.8 cm³/mol. The average molecular weight is 306 g/mol. The SMILES string of the molecule is CCn1nc(C)c(Cl)c1CC(CN)Cc1ccccc1C. The summed E-state index contributed by atoms with van der Waals surface area (Å²) in [4.78, 5) is 0. The van der Waals surface area contributed by atoms with Crippen molar-refractivity contribution in [2.45, 2.75) is 40.2 Å². The van der Waals surface area contributed by atoms with Crippen molar-refractivity contribution in [3.8, 4) is 0 Å². The Morgan fingerprint density at radius 1 is 1.24 bits per heavy atom. The lowest BCUT2D eigenvalue weighted by atomic mass is 9.92. The Labute approximate surface area is 132 Å². The second-order valence-electron chi connectivity index (χ2n) is 5.60. The molecule has 0 aliphatic heterocycles. The fourth-order valence-electron chi connectivity index (χ4n) is 2.73. The van der Waals surface area contributed by atoms with E-state index in [4.69, 9.17) is 17.3 Å². The molecule has 4 heteroatoms. The van der Waals surface area contributed by atoms with E-state index in [9.17, 15) is 0 Å². The van der Waals surface area contributed by atoms with Crippen LogP contribution in [0, 0.1) is 19.8 Å². The van der Waals surface area contributed by atoms with Crippen LogP contribution in [-0.4, -0.2) is 16.3 Å². The minimum atomic E-state index is 0.380. The van der Waals surface area contributed by atoms with Gasteiger partial charge in [0.1, 0.15) is 0 Å². The van der Waals surface area contributed by atoms with Crippen molar-refractivity contribution in [3.63, 3.8) is 0 Å². The van der Waals surface area contributed by atoms with Crippen LogP contribution in [0.2, 0.25) is 5.02 Å². The molecule has 0 aliphatic rings. The Balaban J connectivity index is 2.18. The molecule has 0 radical (unpaired) electrons. The van der Waals surface area contributed by atoms with Crippen LogP contribution in [0.4, 0.5) is 0 Å². The standard InChI is InChI=1S/C17H24ClN3/c1-4-21-16(17(18)13(3)20-21)10-14(11-19)9-15-8-6-5-7-12(15)2/h5-8,14H,4,9-11,19H2,1-3H3. The predicted octanol–water partition coefficient (Wildman–Crippen LogP) is 3.53. The molecule has 1 atom stereocenters. The van der Waals surface area contributed by atoms with Crippen LogP contribution >= 0.6 is 11.6 Å². The first kappa shape index (κ1) is 16.1. The molecule has 0 spiro atoms. The van der Waals surface area contributed by atoms with E-state index in [0.29, 0.717) is 12.5 Å². The number of nitrogens with two attached hydrogens (primary N) is 1. The summed E-state index contributed by atoms with van der Waals surface area (Å²) in [5.74, 6) is 0.380. The maximum Gasteiger partial charge on any atom is 0.0847 e. The Morgan fingerprint density at radius 2 is 1.95 bits per heavy atom. The number of hydrogen-bond acceptors (Lipinski definition) is 2. The molecule has 3 nitrogen and oxygen atoms in total. The molecule has 0 saturated heterocycles. The largest absolute Gasteiger partial charge is 0.330 e. The maximum absolute atomic E-state index is 6.40. The van der Waals surface area contributed by atoms with E-state index < -0.39 is 0 Å². The van der Waals surface area contributed by atoms with Gasteiger partial charge in [-0.3, -0.25) is 4.68 Å². The highest BCUT2D eigenvalue weighted by Gasteiger charge is 2.18. The molecular formula is C17H24ClN3. The van der Waals surface area contributed by atoms with Gasteiger partial charge < -0.3 is 5.73 Å². The van der Waals surface area contributed by atoms with Crippen molar-refractivity contribution in [1.82, 2.24) is 9.78 Å². The highest BCUT2D eigenvalue weighted by atomic mass is 35.5. The van der Waals surface area contributed by atoms with E-state index in [0.717, 1.165) is 35.8 Å². The summed E-state index contributed by atoms with van der Waals surface area (Å²) in [5.41, 5.74) is 10.7. The average Bonchev–Trinajstić information content (AvgIpc) is 2.76. The summed E-state index contributed by atoms with van der Waals surface area (Å²) in [5, 5.41) is 5.28. The zero-order chi connectivity index (χ0) is 15.4. The molecule has 2 aromatic rings. The van der Waals surface area contributed by atoms with Crippen LogP contribution in [0.5, 0.6) is 0 Å². The zero-order valence-electron chi connectivity index (χ0n) is 13.1. The van der Waals surface area contributed by atoms with Crippen LogP contribution in [0.25, 0.3) is 0 Å². The Bertz CT molecular complexity index is 604. The molecule has 1 aromatic heterocycles. The van der Waals surface area contributed by atoms with Gasteiger partial charge in [0.15, 0.2) is 0 Å². The molecule has 1 unspecified atom stereocenters. The maximum atomic E-state index is 6.40. The number of aryl methyl sites for hydroxylation is 3. The summed E-state index contributed by atoms with van der Waals surface area (Å²) < 4.78 is 2.00. The van der Waals surface area contributed by atoms with Crippen molar-refractivity contribution in [2.24, 2.45) is 11.7 Å². The van der Waals surface area contributed by atoms with Gasteiger partial charge in [0.25, 0.3) is 0 Å². The zero-order valence-corrected chi connectivity index (χ0v) is 13.8. The van der Waals surface area contributed by atoms with Crippen molar-refractivity contribution in [2.75, 3.05) is 6.54 Å². The van der Waals surface area contributed by atoms with E-state index in [2.05, 4.69) is 43.2 Å². The quantitative estimate of drug-likeness (QED) is 0.887. The minimum Gasteiger partial charge on any atom is -0.330 e. The summed E-state index contributed by atoms with van der Waals surface area (Å²) in [6.45, 7) is 7.68. The summed E-state index contributed by atoms with van der Waals surface area (Å²) in [6, 6.07) is 8.49. The number of nitrogens with zero attached hydrogens (tertiary/aromatic N) is 2. The summed E-state index contributed by atoms with van der Waals surface area (Å²) in [6.07, 6.45) is 1.85. The van der Waals surface area contributed by atoms with Gasteiger partial charge in [0, 0.05) is 6.54 Å². The third-order valence-corrected chi connectivity index (χ3v) is 4.53. The molecule has 0 amide bonds. The molecule has 0 aliphatic carbocycles. The van der Waals surface area contributed by atoms with E-state index in [1.807, 2.05) is 11.6 Å². The number of hydrogen-bond donors (Lipinski definition) is 1.